The molecule has 0 radical (unpaired) electrons. The van der Waals surface area contributed by atoms with E-state index in [1.54, 1.807) is 48.5 Å². The second-order valence-corrected chi connectivity index (χ2v) is 9.29. The van der Waals surface area contributed by atoms with Crippen LogP contribution in [0.3, 0.4) is 0 Å². The number of carbonyl (C=O) groups excluding carboxylic acids is 3. The summed E-state index contributed by atoms with van der Waals surface area (Å²) < 4.78 is 5.42. The summed E-state index contributed by atoms with van der Waals surface area (Å²) in [6.45, 7) is 4.55. The Morgan fingerprint density at radius 1 is 0.842 bits per heavy atom. The van der Waals surface area contributed by atoms with Gasteiger partial charge in [-0.05, 0) is 79.4 Å². The average Bonchev–Trinajstić information content (AvgIpc) is 3.13. The highest BCUT2D eigenvalue weighted by Crippen LogP contribution is 2.31. The van der Waals surface area contributed by atoms with Crippen LogP contribution in [-0.4, -0.2) is 24.3 Å². The standard InChI is InChI=1S/C30H30ClN3O4/c1-3-5-6-20-7-11-22(12-8-20)32-26(35)19-21-9-13-23(14-10-21)33-28-27(31)29(36)34(30(28)37)24-15-17-25(18-16-24)38-4-2/h7-18,33H,3-6,19H2,1-2H3,(H,32,35). The van der Waals surface area contributed by atoms with Crippen LogP contribution in [0.4, 0.5) is 17.1 Å². The van der Waals surface area contributed by atoms with Crippen molar-refractivity contribution < 1.29 is 19.1 Å². The number of benzene rings is 3. The van der Waals surface area contributed by atoms with Crippen molar-refractivity contribution in [2.24, 2.45) is 0 Å². The first-order valence-electron chi connectivity index (χ1n) is 12.7. The summed E-state index contributed by atoms with van der Waals surface area (Å²) in [5.74, 6) is -0.634. The van der Waals surface area contributed by atoms with E-state index in [1.807, 2.05) is 31.2 Å². The van der Waals surface area contributed by atoms with Crippen LogP contribution in [0.1, 0.15) is 37.8 Å². The summed E-state index contributed by atoms with van der Waals surface area (Å²) in [5.41, 5.74) is 3.79. The van der Waals surface area contributed by atoms with Crippen LogP contribution in [-0.2, 0) is 27.2 Å². The van der Waals surface area contributed by atoms with E-state index in [4.69, 9.17) is 16.3 Å². The van der Waals surface area contributed by atoms with Crippen molar-refractivity contribution in [3.63, 3.8) is 0 Å². The first kappa shape index (κ1) is 26.9. The number of halogens is 1. The van der Waals surface area contributed by atoms with Crippen LogP contribution in [0.15, 0.2) is 83.5 Å². The molecular weight excluding hydrogens is 502 g/mol. The highest BCUT2D eigenvalue weighted by Gasteiger charge is 2.38. The molecule has 0 aromatic heterocycles. The maximum Gasteiger partial charge on any atom is 0.283 e. The van der Waals surface area contributed by atoms with Gasteiger partial charge in [-0.1, -0.05) is 49.2 Å². The lowest BCUT2D eigenvalue weighted by Crippen LogP contribution is -2.32. The smallest absolute Gasteiger partial charge is 0.283 e. The maximum absolute atomic E-state index is 13.0. The molecule has 3 aromatic rings. The van der Waals surface area contributed by atoms with Gasteiger partial charge in [0.05, 0.1) is 18.7 Å². The molecule has 0 bridgehead atoms. The Morgan fingerprint density at radius 2 is 1.47 bits per heavy atom. The Kier molecular flexibility index (Phi) is 8.81. The van der Waals surface area contributed by atoms with E-state index >= 15 is 0 Å². The second kappa shape index (κ2) is 12.4. The summed E-state index contributed by atoms with van der Waals surface area (Å²) in [6, 6.07) is 21.6. The minimum absolute atomic E-state index is 0.00146. The molecule has 1 aliphatic rings. The van der Waals surface area contributed by atoms with Crippen LogP contribution in [0.5, 0.6) is 5.75 Å². The zero-order chi connectivity index (χ0) is 27.1. The number of ether oxygens (including phenoxy) is 1. The lowest BCUT2D eigenvalue weighted by Gasteiger charge is -2.15. The normalized spacial score (nSPS) is 13.2. The van der Waals surface area contributed by atoms with E-state index in [-0.39, 0.29) is 23.1 Å². The first-order valence-corrected chi connectivity index (χ1v) is 13.0. The molecule has 38 heavy (non-hydrogen) atoms. The number of nitrogens with zero attached hydrogens (tertiary/aromatic N) is 1. The fourth-order valence-corrected chi connectivity index (χ4v) is 4.29. The molecule has 0 spiro atoms. The van der Waals surface area contributed by atoms with Gasteiger partial charge in [0.2, 0.25) is 5.91 Å². The van der Waals surface area contributed by atoms with E-state index in [0.29, 0.717) is 23.7 Å². The third-order valence-corrected chi connectivity index (χ3v) is 6.43. The maximum atomic E-state index is 13.0. The van der Waals surface area contributed by atoms with E-state index in [1.165, 1.54) is 5.56 Å². The van der Waals surface area contributed by atoms with Crippen LogP contribution in [0.2, 0.25) is 0 Å². The third kappa shape index (κ3) is 6.42. The molecule has 1 aliphatic heterocycles. The highest BCUT2D eigenvalue weighted by atomic mass is 35.5. The van der Waals surface area contributed by atoms with Crippen molar-refractivity contribution in [1.82, 2.24) is 0 Å². The molecule has 0 saturated heterocycles. The number of imide groups is 1. The Hall–Kier alpha value is -4.10. The molecule has 0 aliphatic carbocycles. The largest absolute Gasteiger partial charge is 0.494 e. The zero-order valence-electron chi connectivity index (χ0n) is 21.4. The van der Waals surface area contributed by atoms with Crippen LogP contribution < -0.4 is 20.3 Å². The van der Waals surface area contributed by atoms with Crippen LogP contribution in [0.25, 0.3) is 0 Å². The SMILES string of the molecule is CCCCc1ccc(NC(=O)Cc2ccc(NC3=C(Cl)C(=O)N(c4ccc(OCC)cc4)C3=O)cc2)cc1. The van der Waals surface area contributed by atoms with Gasteiger partial charge in [-0.3, -0.25) is 14.4 Å². The van der Waals surface area contributed by atoms with E-state index in [2.05, 4.69) is 17.6 Å². The lowest BCUT2D eigenvalue weighted by atomic mass is 10.1. The van der Waals surface area contributed by atoms with Gasteiger partial charge in [0, 0.05) is 11.4 Å². The fraction of sp³-hybridized carbons (Fsp3) is 0.233. The van der Waals surface area contributed by atoms with Crippen molar-refractivity contribution in [1.29, 1.82) is 0 Å². The summed E-state index contributed by atoms with van der Waals surface area (Å²) in [5, 5.41) is 5.69. The number of amides is 3. The van der Waals surface area contributed by atoms with Crippen molar-refractivity contribution >= 4 is 46.4 Å². The topological polar surface area (TPSA) is 87.7 Å². The van der Waals surface area contributed by atoms with Gasteiger partial charge in [-0.15, -0.1) is 0 Å². The molecule has 3 amide bonds. The molecule has 7 nitrogen and oxygen atoms in total. The van der Waals surface area contributed by atoms with Gasteiger partial charge < -0.3 is 15.4 Å². The number of hydrogen-bond donors (Lipinski definition) is 2. The third-order valence-electron chi connectivity index (χ3n) is 6.08. The highest BCUT2D eigenvalue weighted by molar-refractivity contribution is 6.53. The molecule has 4 rings (SSSR count). The van der Waals surface area contributed by atoms with E-state index < -0.39 is 11.8 Å². The quantitative estimate of drug-likeness (QED) is 0.294. The molecule has 0 atom stereocenters. The lowest BCUT2D eigenvalue weighted by molar-refractivity contribution is -0.120. The molecule has 8 heteroatoms. The summed E-state index contributed by atoms with van der Waals surface area (Å²) >= 11 is 6.24. The summed E-state index contributed by atoms with van der Waals surface area (Å²) in [6.07, 6.45) is 3.52. The van der Waals surface area contributed by atoms with Crippen molar-refractivity contribution in [3.8, 4) is 5.75 Å². The van der Waals surface area contributed by atoms with Crippen LogP contribution >= 0.6 is 11.6 Å². The molecule has 2 N–H and O–H groups in total. The zero-order valence-corrected chi connectivity index (χ0v) is 22.2. The fourth-order valence-electron chi connectivity index (χ4n) is 4.08. The van der Waals surface area contributed by atoms with Gasteiger partial charge in [0.25, 0.3) is 11.8 Å². The minimum atomic E-state index is -0.602. The van der Waals surface area contributed by atoms with Crippen molar-refractivity contribution in [3.05, 3.63) is 94.7 Å². The molecule has 3 aromatic carbocycles. The number of anilines is 3. The van der Waals surface area contributed by atoms with Crippen molar-refractivity contribution in [2.45, 2.75) is 39.5 Å². The molecule has 0 saturated carbocycles. The summed E-state index contributed by atoms with van der Waals surface area (Å²) in [4.78, 5) is 39.3. The Labute approximate surface area is 227 Å². The second-order valence-electron chi connectivity index (χ2n) is 8.91. The number of hydrogen-bond acceptors (Lipinski definition) is 5. The van der Waals surface area contributed by atoms with Crippen molar-refractivity contribution in [2.75, 3.05) is 22.1 Å². The number of carbonyl (C=O) groups is 3. The molecular formula is C30H30ClN3O4. The predicted octanol–water partition coefficient (Wildman–Crippen LogP) is 6.04. The van der Waals surface area contributed by atoms with Gasteiger partial charge in [0.15, 0.2) is 0 Å². The minimum Gasteiger partial charge on any atom is -0.494 e. The van der Waals surface area contributed by atoms with Crippen LogP contribution in [0, 0.1) is 0 Å². The van der Waals surface area contributed by atoms with E-state index in [0.717, 1.165) is 35.4 Å². The number of nitrogens with one attached hydrogen (secondary N) is 2. The molecule has 196 valence electrons. The number of unbranched alkanes of at least 4 members (excludes halogenated alkanes) is 1. The van der Waals surface area contributed by atoms with Gasteiger partial charge in [-0.2, -0.15) is 0 Å². The molecule has 1 heterocycles. The van der Waals surface area contributed by atoms with Gasteiger partial charge in [-0.25, -0.2) is 4.90 Å². The molecule has 0 unspecified atom stereocenters. The predicted molar refractivity (Wildman–Crippen MR) is 150 cm³/mol. The molecule has 0 fully saturated rings. The van der Waals surface area contributed by atoms with E-state index in [9.17, 15) is 14.4 Å². The number of aryl methyl sites for hydroxylation is 1. The Balaban J connectivity index is 1.35. The Morgan fingerprint density at radius 3 is 2.11 bits per heavy atom. The Bertz CT molecular complexity index is 1330. The number of rotatable bonds is 11. The summed E-state index contributed by atoms with van der Waals surface area (Å²) in [7, 11) is 0. The van der Waals surface area contributed by atoms with Gasteiger partial charge in [0.1, 0.15) is 16.5 Å². The monoisotopic (exact) mass is 531 g/mol. The first-order chi connectivity index (χ1) is 18.4. The average molecular weight is 532 g/mol. The van der Waals surface area contributed by atoms with Gasteiger partial charge >= 0.3 is 0 Å².